The molecule has 0 radical (unpaired) electrons. The number of carbonyl (C=O) groups excluding carboxylic acids is 1. The summed E-state index contributed by atoms with van der Waals surface area (Å²) in [5.41, 5.74) is 9.96. The number of halogens is 3. The number of rotatable bonds is 6. The number of nitrogens with two attached hydrogens (primary N) is 1. The Labute approximate surface area is 221 Å². The summed E-state index contributed by atoms with van der Waals surface area (Å²) in [7, 11) is 1.31. The Morgan fingerprint density at radius 3 is 2.46 bits per heavy atom. The summed E-state index contributed by atoms with van der Waals surface area (Å²) in [6.07, 6.45) is -2.80. The number of nitrogens with zero attached hydrogens (tertiary/aromatic N) is 2. The summed E-state index contributed by atoms with van der Waals surface area (Å²) < 4.78 is 44.8. The Morgan fingerprint density at radius 1 is 0.974 bits per heavy atom. The summed E-state index contributed by atoms with van der Waals surface area (Å²) in [5.74, 6) is -0.209. The second-order valence-corrected chi connectivity index (χ2v) is 8.78. The van der Waals surface area contributed by atoms with Gasteiger partial charge in [0.25, 0.3) is 5.91 Å². The van der Waals surface area contributed by atoms with E-state index in [0.29, 0.717) is 28.5 Å². The van der Waals surface area contributed by atoms with Crippen molar-refractivity contribution in [1.29, 1.82) is 0 Å². The third kappa shape index (κ3) is 5.33. The first-order valence-corrected chi connectivity index (χ1v) is 11.8. The minimum atomic E-state index is -4.57. The molecule has 0 aliphatic rings. The monoisotopic (exact) mass is 532 g/mol. The number of carbonyl (C=O) groups is 1. The molecular weight excluding hydrogens is 509 g/mol. The average molecular weight is 533 g/mol. The molecule has 1 amide bonds. The van der Waals surface area contributed by atoms with E-state index in [-0.39, 0.29) is 17.0 Å². The van der Waals surface area contributed by atoms with Crippen LogP contribution < -0.4 is 21.1 Å². The van der Waals surface area contributed by atoms with Crippen molar-refractivity contribution >= 4 is 40.0 Å². The molecule has 2 heterocycles. The number of ether oxygens (including phenoxy) is 1. The zero-order chi connectivity index (χ0) is 27.7. The number of fused-ring (bicyclic) bond motifs is 1. The Hall–Kier alpha value is -5.06. The van der Waals surface area contributed by atoms with E-state index < -0.39 is 17.6 Å². The number of aromatic amines is 1. The number of anilines is 4. The lowest BCUT2D eigenvalue weighted by Crippen LogP contribution is -2.14. The molecule has 0 aliphatic carbocycles. The van der Waals surface area contributed by atoms with Crippen molar-refractivity contribution in [3.8, 4) is 17.0 Å². The molecule has 0 unspecified atom stereocenters. The standard InChI is InChI=1S/C28H23F3N6O2/c1-15-3-4-17(26(38)34-22-14-18(28(29,30)31)7-10-23(22)39-2)13-21(15)36-27-35-20-11-12-33-25(20)24(37-27)16-5-8-19(32)9-6-16/h3-14,33H,32H2,1-2H3,(H,34,38)(H,35,36,37). The molecule has 3 aromatic carbocycles. The number of nitrogens with one attached hydrogen (secondary N) is 3. The normalized spacial score (nSPS) is 11.4. The largest absolute Gasteiger partial charge is 0.495 e. The Morgan fingerprint density at radius 2 is 1.74 bits per heavy atom. The average Bonchev–Trinajstić information content (AvgIpc) is 3.38. The first-order valence-electron chi connectivity index (χ1n) is 11.8. The van der Waals surface area contributed by atoms with Crippen LogP contribution in [0.4, 0.5) is 36.2 Å². The van der Waals surface area contributed by atoms with E-state index >= 15 is 0 Å². The Kier molecular flexibility index (Phi) is 6.57. The highest BCUT2D eigenvalue weighted by Gasteiger charge is 2.31. The summed E-state index contributed by atoms with van der Waals surface area (Å²) >= 11 is 0. The van der Waals surface area contributed by atoms with Crippen LogP contribution in [0.5, 0.6) is 5.75 Å². The van der Waals surface area contributed by atoms with Gasteiger partial charge in [-0.3, -0.25) is 4.79 Å². The fourth-order valence-electron chi connectivity index (χ4n) is 4.05. The van der Waals surface area contributed by atoms with Gasteiger partial charge >= 0.3 is 6.18 Å². The number of benzene rings is 3. The minimum Gasteiger partial charge on any atom is -0.495 e. The van der Waals surface area contributed by atoms with Gasteiger partial charge in [0.05, 0.1) is 35.1 Å². The molecule has 0 spiro atoms. The molecule has 0 saturated heterocycles. The van der Waals surface area contributed by atoms with E-state index in [1.165, 1.54) is 7.11 Å². The number of amides is 1. The molecule has 5 rings (SSSR count). The van der Waals surface area contributed by atoms with Crippen LogP contribution in [0.25, 0.3) is 22.3 Å². The van der Waals surface area contributed by atoms with Gasteiger partial charge in [0.15, 0.2) is 0 Å². The highest BCUT2D eigenvalue weighted by atomic mass is 19.4. The third-order valence-corrected chi connectivity index (χ3v) is 6.11. The first kappa shape index (κ1) is 25.6. The molecular formula is C28H23F3N6O2. The highest BCUT2D eigenvalue weighted by molar-refractivity contribution is 6.06. The van der Waals surface area contributed by atoms with E-state index in [0.717, 1.165) is 34.8 Å². The van der Waals surface area contributed by atoms with Crippen LogP contribution in [0, 0.1) is 6.92 Å². The van der Waals surface area contributed by atoms with Crippen LogP contribution in [0.15, 0.2) is 72.9 Å². The molecule has 5 N–H and O–H groups in total. The predicted octanol–water partition coefficient (Wildman–Crippen LogP) is 6.54. The maximum atomic E-state index is 13.2. The minimum absolute atomic E-state index is 0.0956. The Bertz CT molecular complexity index is 1680. The molecule has 11 heteroatoms. The van der Waals surface area contributed by atoms with Crippen molar-refractivity contribution in [2.24, 2.45) is 0 Å². The maximum Gasteiger partial charge on any atom is 0.416 e. The van der Waals surface area contributed by atoms with Crippen molar-refractivity contribution in [2.45, 2.75) is 13.1 Å². The van der Waals surface area contributed by atoms with Crippen LogP contribution in [-0.2, 0) is 6.18 Å². The quantitative estimate of drug-likeness (QED) is 0.185. The van der Waals surface area contributed by atoms with Gasteiger partial charge in [0.2, 0.25) is 5.95 Å². The number of aromatic nitrogens is 3. The summed E-state index contributed by atoms with van der Waals surface area (Å²) in [5, 5.41) is 5.69. The van der Waals surface area contributed by atoms with Gasteiger partial charge in [0, 0.05) is 28.7 Å². The molecule has 0 aliphatic heterocycles. The number of H-pyrrole nitrogens is 1. The molecule has 5 aromatic rings. The van der Waals surface area contributed by atoms with Crippen molar-refractivity contribution in [1.82, 2.24) is 15.0 Å². The molecule has 8 nitrogen and oxygen atoms in total. The van der Waals surface area contributed by atoms with Crippen LogP contribution in [0.2, 0.25) is 0 Å². The van der Waals surface area contributed by atoms with Gasteiger partial charge in [-0.1, -0.05) is 18.2 Å². The van der Waals surface area contributed by atoms with E-state index in [2.05, 4.69) is 25.6 Å². The molecule has 0 fully saturated rings. The highest BCUT2D eigenvalue weighted by Crippen LogP contribution is 2.35. The summed E-state index contributed by atoms with van der Waals surface area (Å²) in [4.78, 5) is 25.5. The number of alkyl halides is 3. The van der Waals surface area contributed by atoms with E-state index in [9.17, 15) is 18.0 Å². The smallest absolute Gasteiger partial charge is 0.416 e. The van der Waals surface area contributed by atoms with Gasteiger partial charge in [-0.2, -0.15) is 13.2 Å². The van der Waals surface area contributed by atoms with E-state index in [1.807, 2.05) is 25.1 Å². The van der Waals surface area contributed by atoms with Crippen LogP contribution in [0.1, 0.15) is 21.5 Å². The molecule has 0 atom stereocenters. The lowest BCUT2D eigenvalue weighted by Gasteiger charge is -2.15. The third-order valence-electron chi connectivity index (χ3n) is 6.11. The van der Waals surface area contributed by atoms with Gasteiger partial charge in [-0.05, 0) is 61.0 Å². The summed E-state index contributed by atoms with van der Waals surface area (Å²) in [6, 6.07) is 16.9. The van der Waals surface area contributed by atoms with E-state index in [4.69, 9.17) is 10.5 Å². The lowest BCUT2D eigenvalue weighted by molar-refractivity contribution is -0.137. The number of hydrogen-bond donors (Lipinski definition) is 4. The first-order chi connectivity index (χ1) is 18.6. The van der Waals surface area contributed by atoms with Gasteiger partial charge < -0.3 is 26.1 Å². The van der Waals surface area contributed by atoms with Crippen molar-refractivity contribution in [2.75, 3.05) is 23.5 Å². The SMILES string of the molecule is COc1ccc(C(F)(F)F)cc1NC(=O)c1ccc(C)c(Nc2nc(-c3ccc(N)cc3)c3[nH]ccc3n2)c1. The van der Waals surface area contributed by atoms with Gasteiger partial charge in [-0.25, -0.2) is 9.97 Å². The van der Waals surface area contributed by atoms with Gasteiger partial charge in [0.1, 0.15) is 5.75 Å². The molecule has 39 heavy (non-hydrogen) atoms. The second kappa shape index (κ2) is 10.0. The zero-order valence-corrected chi connectivity index (χ0v) is 20.9. The fourth-order valence-corrected chi connectivity index (χ4v) is 4.05. The van der Waals surface area contributed by atoms with Crippen LogP contribution in [-0.4, -0.2) is 28.0 Å². The predicted molar refractivity (Wildman–Crippen MR) is 144 cm³/mol. The molecule has 0 saturated carbocycles. The van der Waals surface area contributed by atoms with Crippen LogP contribution in [0.3, 0.4) is 0 Å². The summed E-state index contributed by atoms with van der Waals surface area (Å²) in [6.45, 7) is 1.84. The number of methoxy groups -OCH3 is 1. The lowest BCUT2D eigenvalue weighted by atomic mass is 10.1. The Balaban J connectivity index is 1.45. The topological polar surface area (TPSA) is 118 Å². The molecule has 0 bridgehead atoms. The van der Waals surface area contributed by atoms with Gasteiger partial charge in [-0.15, -0.1) is 0 Å². The van der Waals surface area contributed by atoms with Crippen molar-refractivity contribution < 1.29 is 22.7 Å². The maximum absolute atomic E-state index is 13.2. The molecule has 198 valence electrons. The number of hydrogen-bond acceptors (Lipinski definition) is 6. The number of aryl methyl sites for hydroxylation is 1. The second-order valence-electron chi connectivity index (χ2n) is 8.78. The van der Waals surface area contributed by atoms with Crippen LogP contribution >= 0.6 is 0 Å². The van der Waals surface area contributed by atoms with E-state index in [1.54, 1.807) is 36.5 Å². The fraction of sp³-hybridized carbons (Fsp3) is 0.107. The molecule has 2 aromatic heterocycles. The zero-order valence-electron chi connectivity index (χ0n) is 20.9. The van der Waals surface area contributed by atoms with Crippen molar-refractivity contribution in [3.63, 3.8) is 0 Å². The van der Waals surface area contributed by atoms with Crippen molar-refractivity contribution in [3.05, 3.63) is 89.6 Å². The number of nitrogen functional groups attached to an aromatic ring is 1.